The molecule has 1 saturated carbocycles. The van der Waals surface area contributed by atoms with Crippen molar-refractivity contribution >= 4 is 5.97 Å². The van der Waals surface area contributed by atoms with Crippen LogP contribution in [0.1, 0.15) is 58.3 Å². The second-order valence-electron chi connectivity index (χ2n) is 6.38. The summed E-state index contributed by atoms with van der Waals surface area (Å²) in [5.74, 6) is 1.04. The molecule has 0 aromatic carbocycles. The van der Waals surface area contributed by atoms with Crippen molar-refractivity contribution in [1.82, 2.24) is 4.90 Å². The van der Waals surface area contributed by atoms with Crippen LogP contribution in [0.15, 0.2) is 0 Å². The molecule has 18 heavy (non-hydrogen) atoms. The maximum Gasteiger partial charge on any atom is 0.304 e. The Hall–Kier alpha value is -0.570. The lowest BCUT2D eigenvalue weighted by Gasteiger charge is -2.39. The van der Waals surface area contributed by atoms with Crippen LogP contribution in [0.4, 0.5) is 0 Å². The maximum atomic E-state index is 10.9. The second-order valence-corrected chi connectivity index (χ2v) is 6.38. The average Bonchev–Trinajstić information content (AvgIpc) is 2.31. The molecule has 1 heterocycles. The van der Waals surface area contributed by atoms with Gasteiger partial charge in [-0.2, -0.15) is 0 Å². The molecular weight excluding hydrogens is 226 g/mol. The number of nitrogens with zero attached hydrogens (tertiary/aromatic N) is 1. The zero-order chi connectivity index (χ0) is 13.0. The summed E-state index contributed by atoms with van der Waals surface area (Å²) in [4.78, 5) is 13.4. The van der Waals surface area contributed by atoms with E-state index in [1.54, 1.807) is 0 Å². The van der Waals surface area contributed by atoms with Crippen molar-refractivity contribution in [3.05, 3.63) is 0 Å². The Labute approximate surface area is 111 Å². The molecule has 104 valence electrons. The molecule has 0 aromatic rings. The zero-order valence-electron chi connectivity index (χ0n) is 11.6. The first-order valence-corrected chi connectivity index (χ1v) is 7.61. The van der Waals surface area contributed by atoms with Crippen molar-refractivity contribution in [3.63, 3.8) is 0 Å². The van der Waals surface area contributed by atoms with Crippen LogP contribution in [0.3, 0.4) is 0 Å². The third kappa shape index (κ3) is 3.98. The minimum atomic E-state index is -0.635. The molecule has 0 amide bonds. The molecule has 2 rings (SSSR count). The highest BCUT2D eigenvalue weighted by atomic mass is 16.4. The third-order valence-corrected chi connectivity index (χ3v) is 4.70. The minimum Gasteiger partial charge on any atom is -0.481 e. The fourth-order valence-corrected chi connectivity index (χ4v) is 3.79. The summed E-state index contributed by atoms with van der Waals surface area (Å²) < 4.78 is 0. The molecule has 0 spiro atoms. The topological polar surface area (TPSA) is 40.5 Å². The highest BCUT2D eigenvalue weighted by Gasteiger charge is 2.28. The van der Waals surface area contributed by atoms with Gasteiger partial charge in [0.1, 0.15) is 0 Å². The van der Waals surface area contributed by atoms with Gasteiger partial charge in [0, 0.05) is 12.6 Å². The number of piperidine rings is 1. The van der Waals surface area contributed by atoms with Crippen LogP contribution in [0.2, 0.25) is 0 Å². The van der Waals surface area contributed by atoms with Crippen LogP contribution in [0.5, 0.6) is 0 Å². The zero-order valence-corrected chi connectivity index (χ0v) is 11.6. The summed E-state index contributed by atoms with van der Waals surface area (Å²) in [6, 6.07) is 0.300. The van der Waals surface area contributed by atoms with Gasteiger partial charge in [0.15, 0.2) is 0 Å². The molecule has 1 aliphatic heterocycles. The Kier molecular flexibility index (Phi) is 5.04. The molecule has 0 radical (unpaired) electrons. The number of hydrogen-bond acceptors (Lipinski definition) is 2. The minimum absolute atomic E-state index is 0.300. The lowest BCUT2D eigenvalue weighted by atomic mass is 9.81. The summed E-state index contributed by atoms with van der Waals surface area (Å²) in [5, 5.41) is 9.00. The van der Waals surface area contributed by atoms with E-state index in [0.717, 1.165) is 31.3 Å². The van der Waals surface area contributed by atoms with Crippen molar-refractivity contribution in [3.8, 4) is 0 Å². The monoisotopic (exact) mass is 253 g/mol. The number of carboxylic acid groups (broad SMARTS) is 1. The summed E-state index contributed by atoms with van der Waals surface area (Å²) in [6.07, 6.45) is 9.31. The van der Waals surface area contributed by atoms with E-state index in [4.69, 9.17) is 5.11 Å². The van der Waals surface area contributed by atoms with Crippen molar-refractivity contribution in [2.24, 2.45) is 11.8 Å². The van der Waals surface area contributed by atoms with Crippen molar-refractivity contribution in [2.75, 3.05) is 13.1 Å². The number of aliphatic carboxylic acids is 1. The van der Waals surface area contributed by atoms with Gasteiger partial charge in [0.2, 0.25) is 0 Å². The summed E-state index contributed by atoms with van der Waals surface area (Å²) in [6.45, 7) is 4.61. The largest absolute Gasteiger partial charge is 0.481 e. The van der Waals surface area contributed by atoms with E-state index >= 15 is 0 Å². The molecule has 1 N–H and O–H groups in total. The average molecular weight is 253 g/mol. The van der Waals surface area contributed by atoms with Gasteiger partial charge >= 0.3 is 5.97 Å². The van der Waals surface area contributed by atoms with Gasteiger partial charge in [0.25, 0.3) is 0 Å². The van der Waals surface area contributed by atoms with Crippen LogP contribution in [0, 0.1) is 11.8 Å². The van der Waals surface area contributed by atoms with E-state index in [0.29, 0.717) is 12.5 Å². The lowest BCUT2D eigenvalue weighted by molar-refractivity contribution is -0.138. The van der Waals surface area contributed by atoms with E-state index in [1.807, 2.05) is 0 Å². The molecule has 3 heteroatoms. The van der Waals surface area contributed by atoms with Gasteiger partial charge in [-0.15, -0.1) is 0 Å². The number of rotatable bonds is 4. The van der Waals surface area contributed by atoms with E-state index in [1.165, 1.54) is 38.5 Å². The molecule has 2 fully saturated rings. The van der Waals surface area contributed by atoms with E-state index in [-0.39, 0.29) is 0 Å². The van der Waals surface area contributed by atoms with Crippen LogP contribution in [0.25, 0.3) is 0 Å². The van der Waals surface area contributed by atoms with E-state index < -0.39 is 5.97 Å². The summed E-state index contributed by atoms with van der Waals surface area (Å²) >= 11 is 0. The van der Waals surface area contributed by atoms with E-state index in [2.05, 4.69) is 11.8 Å². The lowest BCUT2D eigenvalue weighted by Crippen LogP contribution is -2.44. The maximum absolute atomic E-state index is 10.9. The molecule has 0 aromatic heterocycles. The predicted octanol–water partition coefficient (Wildman–Crippen LogP) is 3.14. The number of hydrogen-bond donors (Lipinski definition) is 1. The third-order valence-electron chi connectivity index (χ3n) is 4.70. The first-order chi connectivity index (χ1) is 8.65. The first-order valence-electron chi connectivity index (χ1n) is 7.61. The van der Waals surface area contributed by atoms with Crippen molar-refractivity contribution in [1.29, 1.82) is 0 Å². The quantitative estimate of drug-likeness (QED) is 0.836. The molecule has 3 nitrogen and oxygen atoms in total. The molecule has 1 saturated heterocycles. The van der Waals surface area contributed by atoms with E-state index in [9.17, 15) is 4.79 Å². The van der Waals surface area contributed by atoms with Crippen LogP contribution in [-0.2, 0) is 4.79 Å². The van der Waals surface area contributed by atoms with Crippen LogP contribution < -0.4 is 0 Å². The van der Waals surface area contributed by atoms with Crippen LogP contribution >= 0.6 is 0 Å². The van der Waals surface area contributed by atoms with Gasteiger partial charge in [0.05, 0.1) is 6.42 Å². The Bertz CT molecular complexity index is 280. The highest BCUT2D eigenvalue weighted by molar-refractivity contribution is 5.67. The molecule has 3 unspecified atom stereocenters. The Morgan fingerprint density at radius 1 is 1.22 bits per heavy atom. The normalized spacial score (nSPS) is 34.4. The molecule has 2 aliphatic rings. The molecule has 1 aliphatic carbocycles. The summed E-state index contributed by atoms with van der Waals surface area (Å²) in [5.41, 5.74) is 0. The first kappa shape index (κ1) is 13.9. The Morgan fingerprint density at radius 2 is 2.06 bits per heavy atom. The molecule has 3 atom stereocenters. The van der Waals surface area contributed by atoms with Gasteiger partial charge < -0.3 is 5.11 Å². The second kappa shape index (κ2) is 6.55. The van der Waals surface area contributed by atoms with Gasteiger partial charge in [-0.3, -0.25) is 9.69 Å². The fourth-order valence-electron chi connectivity index (χ4n) is 3.79. The fraction of sp³-hybridized carbons (Fsp3) is 0.933. The van der Waals surface area contributed by atoms with Crippen LogP contribution in [-0.4, -0.2) is 35.1 Å². The number of carbonyl (C=O) groups is 1. The Balaban J connectivity index is 1.86. The predicted molar refractivity (Wildman–Crippen MR) is 72.6 cm³/mol. The molecule has 0 bridgehead atoms. The number of likely N-dealkylation sites (tertiary alicyclic amines) is 1. The van der Waals surface area contributed by atoms with Gasteiger partial charge in [-0.05, 0) is 44.1 Å². The van der Waals surface area contributed by atoms with Gasteiger partial charge in [-0.1, -0.05) is 26.2 Å². The SMILES string of the molecule is CC1CCCC(CN2CCCCC2CC(=O)O)C1. The Morgan fingerprint density at radius 3 is 2.78 bits per heavy atom. The van der Waals surface area contributed by atoms with Gasteiger partial charge in [-0.25, -0.2) is 0 Å². The number of carboxylic acids is 1. The highest BCUT2D eigenvalue weighted by Crippen LogP contribution is 2.31. The standard InChI is InChI=1S/C15H27NO2/c1-12-5-4-6-13(9-12)11-16-8-3-2-7-14(16)10-15(17)18/h12-14H,2-11H2,1H3,(H,17,18). The smallest absolute Gasteiger partial charge is 0.304 e. The van der Waals surface area contributed by atoms with Crippen molar-refractivity contribution in [2.45, 2.75) is 64.3 Å². The van der Waals surface area contributed by atoms with Crippen molar-refractivity contribution < 1.29 is 9.90 Å². The molecular formula is C15H27NO2. The summed E-state index contributed by atoms with van der Waals surface area (Å²) in [7, 11) is 0.